The number of aliphatic hydroxyl groups excluding tert-OH is 1. The molecule has 1 aromatic carbocycles. The van der Waals surface area contributed by atoms with Crippen molar-refractivity contribution in [1.82, 2.24) is 5.32 Å². The summed E-state index contributed by atoms with van der Waals surface area (Å²) in [6.07, 6.45) is 0. The second-order valence-corrected chi connectivity index (χ2v) is 3.87. The number of hydrogen-bond acceptors (Lipinski definition) is 3. The predicted molar refractivity (Wildman–Crippen MR) is 65.4 cm³/mol. The maximum absolute atomic E-state index is 9.35. The van der Waals surface area contributed by atoms with Crippen LogP contribution in [0.1, 0.15) is 25.5 Å². The van der Waals surface area contributed by atoms with Gasteiger partial charge in [0.2, 0.25) is 0 Å². The molecule has 0 fully saturated rings. The largest absolute Gasteiger partial charge is 0.394 e. The minimum atomic E-state index is -0.0170. The van der Waals surface area contributed by atoms with E-state index in [0.717, 1.165) is 12.2 Å². The fourth-order valence-electron chi connectivity index (χ4n) is 1.63. The fourth-order valence-corrected chi connectivity index (χ4v) is 1.63. The molecule has 0 aliphatic rings. The molecule has 2 N–H and O–H groups in total. The molecule has 0 radical (unpaired) electrons. The van der Waals surface area contributed by atoms with Crippen LogP contribution in [0.2, 0.25) is 0 Å². The average Bonchev–Trinajstić information content (AvgIpc) is 2.34. The normalized spacial score (nSPS) is 14.7. The molecule has 3 nitrogen and oxygen atoms in total. The first-order valence-electron chi connectivity index (χ1n) is 5.77. The monoisotopic (exact) mass is 223 g/mol. The molecule has 0 saturated heterocycles. The van der Waals surface area contributed by atoms with Gasteiger partial charge in [-0.25, -0.2) is 0 Å². The van der Waals surface area contributed by atoms with Gasteiger partial charge in [-0.05, 0) is 19.4 Å². The minimum absolute atomic E-state index is 0.0170. The topological polar surface area (TPSA) is 41.5 Å². The lowest BCUT2D eigenvalue weighted by molar-refractivity contribution is 0.117. The zero-order valence-electron chi connectivity index (χ0n) is 10.0. The van der Waals surface area contributed by atoms with Crippen molar-refractivity contribution in [3.8, 4) is 0 Å². The molecule has 16 heavy (non-hydrogen) atoms. The van der Waals surface area contributed by atoms with Crippen molar-refractivity contribution in [2.45, 2.75) is 25.9 Å². The van der Waals surface area contributed by atoms with Crippen molar-refractivity contribution in [3.05, 3.63) is 35.9 Å². The van der Waals surface area contributed by atoms with Crippen molar-refractivity contribution < 1.29 is 9.84 Å². The van der Waals surface area contributed by atoms with Gasteiger partial charge in [0.15, 0.2) is 0 Å². The molecule has 0 spiro atoms. The number of benzene rings is 1. The van der Waals surface area contributed by atoms with Crippen LogP contribution in [0.4, 0.5) is 0 Å². The SMILES string of the molecule is CCOCC(C)N[C@H](CO)c1ccccc1. The third kappa shape index (κ3) is 4.31. The quantitative estimate of drug-likeness (QED) is 0.739. The van der Waals surface area contributed by atoms with Gasteiger partial charge in [-0.3, -0.25) is 0 Å². The number of aliphatic hydroxyl groups is 1. The van der Waals surface area contributed by atoms with Crippen LogP contribution in [0.3, 0.4) is 0 Å². The lowest BCUT2D eigenvalue weighted by Crippen LogP contribution is -2.35. The smallest absolute Gasteiger partial charge is 0.0626 e. The third-order valence-electron chi connectivity index (χ3n) is 2.44. The summed E-state index contributed by atoms with van der Waals surface area (Å²) in [6, 6.07) is 10.2. The van der Waals surface area contributed by atoms with Crippen LogP contribution >= 0.6 is 0 Å². The molecule has 2 atom stereocenters. The maximum atomic E-state index is 9.35. The average molecular weight is 223 g/mol. The van der Waals surface area contributed by atoms with E-state index in [0.29, 0.717) is 6.61 Å². The molecular formula is C13H21NO2. The van der Waals surface area contributed by atoms with Crippen LogP contribution in [0.25, 0.3) is 0 Å². The Hall–Kier alpha value is -0.900. The first kappa shape index (κ1) is 13.2. The summed E-state index contributed by atoms with van der Waals surface area (Å²) in [7, 11) is 0. The van der Waals surface area contributed by atoms with E-state index in [1.807, 2.05) is 37.3 Å². The van der Waals surface area contributed by atoms with E-state index in [-0.39, 0.29) is 18.7 Å². The molecule has 0 aliphatic carbocycles. The van der Waals surface area contributed by atoms with Crippen molar-refractivity contribution in [1.29, 1.82) is 0 Å². The van der Waals surface area contributed by atoms with Crippen molar-refractivity contribution >= 4 is 0 Å². The van der Waals surface area contributed by atoms with Crippen LogP contribution in [0, 0.1) is 0 Å². The van der Waals surface area contributed by atoms with E-state index in [9.17, 15) is 5.11 Å². The highest BCUT2D eigenvalue weighted by molar-refractivity contribution is 5.19. The van der Waals surface area contributed by atoms with E-state index >= 15 is 0 Å². The Balaban J connectivity index is 2.49. The fraction of sp³-hybridized carbons (Fsp3) is 0.538. The highest BCUT2D eigenvalue weighted by Gasteiger charge is 2.12. The summed E-state index contributed by atoms with van der Waals surface area (Å²) >= 11 is 0. The summed E-state index contributed by atoms with van der Waals surface area (Å²) < 4.78 is 5.33. The number of rotatable bonds is 7. The Morgan fingerprint density at radius 1 is 1.31 bits per heavy atom. The summed E-state index contributed by atoms with van der Waals surface area (Å²) in [5.74, 6) is 0. The molecule has 3 heteroatoms. The number of nitrogens with one attached hydrogen (secondary N) is 1. The Labute approximate surface area is 97.4 Å². The standard InChI is InChI=1S/C13H21NO2/c1-3-16-10-11(2)14-13(9-15)12-7-5-4-6-8-12/h4-8,11,13-15H,3,9-10H2,1-2H3/t11?,13-/m1/s1. The van der Waals surface area contributed by atoms with E-state index in [1.165, 1.54) is 0 Å². The molecule has 1 rings (SSSR count). The summed E-state index contributed by atoms with van der Waals surface area (Å²) in [5.41, 5.74) is 1.10. The Morgan fingerprint density at radius 3 is 2.56 bits per heavy atom. The van der Waals surface area contributed by atoms with Crippen LogP contribution < -0.4 is 5.32 Å². The minimum Gasteiger partial charge on any atom is -0.394 e. The first-order valence-corrected chi connectivity index (χ1v) is 5.77. The molecule has 0 aromatic heterocycles. The van der Waals surface area contributed by atoms with Gasteiger partial charge in [0.25, 0.3) is 0 Å². The van der Waals surface area contributed by atoms with E-state index < -0.39 is 0 Å². The highest BCUT2D eigenvalue weighted by atomic mass is 16.5. The Kier molecular flexibility index (Phi) is 6.08. The third-order valence-corrected chi connectivity index (χ3v) is 2.44. The van der Waals surface area contributed by atoms with Crippen LogP contribution in [0.15, 0.2) is 30.3 Å². The molecule has 1 aromatic rings. The van der Waals surface area contributed by atoms with E-state index in [4.69, 9.17) is 4.74 Å². The van der Waals surface area contributed by atoms with Crippen LogP contribution in [0.5, 0.6) is 0 Å². The second-order valence-electron chi connectivity index (χ2n) is 3.87. The second kappa shape index (κ2) is 7.39. The molecule has 1 unspecified atom stereocenters. The molecular weight excluding hydrogens is 202 g/mol. The highest BCUT2D eigenvalue weighted by Crippen LogP contribution is 2.12. The molecule has 0 aliphatic heterocycles. The summed E-state index contributed by atoms with van der Waals surface area (Å²) in [6.45, 7) is 5.52. The van der Waals surface area contributed by atoms with Gasteiger partial charge in [0.1, 0.15) is 0 Å². The summed E-state index contributed by atoms with van der Waals surface area (Å²) in [4.78, 5) is 0. The molecule has 0 bridgehead atoms. The number of ether oxygens (including phenoxy) is 1. The van der Waals surface area contributed by atoms with E-state index in [2.05, 4.69) is 12.2 Å². The van der Waals surface area contributed by atoms with Gasteiger partial charge in [-0.2, -0.15) is 0 Å². The van der Waals surface area contributed by atoms with Crippen LogP contribution in [-0.2, 0) is 4.74 Å². The van der Waals surface area contributed by atoms with Gasteiger partial charge in [-0.1, -0.05) is 30.3 Å². The lowest BCUT2D eigenvalue weighted by atomic mass is 10.1. The van der Waals surface area contributed by atoms with Gasteiger partial charge in [0, 0.05) is 12.6 Å². The van der Waals surface area contributed by atoms with E-state index in [1.54, 1.807) is 0 Å². The van der Waals surface area contributed by atoms with Crippen LogP contribution in [-0.4, -0.2) is 31.0 Å². The first-order chi connectivity index (χ1) is 7.77. The molecule has 0 amide bonds. The van der Waals surface area contributed by atoms with Gasteiger partial charge in [-0.15, -0.1) is 0 Å². The van der Waals surface area contributed by atoms with Crippen molar-refractivity contribution in [2.24, 2.45) is 0 Å². The molecule has 0 saturated carbocycles. The molecule has 90 valence electrons. The van der Waals surface area contributed by atoms with Gasteiger partial charge in [0.05, 0.1) is 19.3 Å². The number of hydrogen-bond donors (Lipinski definition) is 2. The van der Waals surface area contributed by atoms with Gasteiger partial charge < -0.3 is 15.2 Å². The van der Waals surface area contributed by atoms with Crippen molar-refractivity contribution in [2.75, 3.05) is 19.8 Å². The zero-order valence-corrected chi connectivity index (χ0v) is 10.0. The van der Waals surface area contributed by atoms with Crippen molar-refractivity contribution in [3.63, 3.8) is 0 Å². The maximum Gasteiger partial charge on any atom is 0.0626 e. The molecule has 0 heterocycles. The predicted octanol–water partition coefficient (Wildman–Crippen LogP) is 1.73. The Morgan fingerprint density at radius 2 is 2.00 bits per heavy atom. The summed E-state index contributed by atoms with van der Waals surface area (Å²) in [5, 5.41) is 12.7. The van der Waals surface area contributed by atoms with Gasteiger partial charge >= 0.3 is 0 Å². The zero-order chi connectivity index (χ0) is 11.8. The lowest BCUT2D eigenvalue weighted by Gasteiger charge is -2.21. The Bertz CT molecular complexity index is 277.